The van der Waals surface area contributed by atoms with E-state index in [9.17, 15) is 13.2 Å². The Kier molecular flexibility index (Phi) is 6.77. The summed E-state index contributed by atoms with van der Waals surface area (Å²) in [6.07, 6.45) is 6.97. The molecule has 1 saturated heterocycles. The number of rotatable bonds is 5. The summed E-state index contributed by atoms with van der Waals surface area (Å²) in [5.41, 5.74) is 2.57. The number of ether oxygens (including phenoxy) is 1. The number of aromatic nitrogens is 3. The minimum absolute atomic E-state index is 0.00333. The van der Waals surface area contributed by atoms with Crippen molar-refractivity contribution in [3.8, 4) is 11.3 Å². The second-order valence-electron chi connectivity index (χ2n) is 9.98. The Morgan fingerprint density at radius 3 is 2.77 bits per heavy atom. The summed E-state index contributed by atoms with van der Waals surface area (Å²) in [6.45, 7) is 8.78. The molecule has 4 rings (SSSR count). The minimum atomic E-state index is -3.38. The van der Waals surface area contributed by atoms with Gasteiger partial charge in [-0.05, 0) is 51.7 Å². The number of aromatic amines is 1. The molecule has 0 unspecified atom stereocenters. The molecule has 0 spiro atoms. The molecule has 3 heterocycles. The summed E-state index contributed by atoms with van der Waals surface area (Å²) in [7, 11) is -3.38. The zero-order valence-electron chi connectivity index (χ0n) is 20.9. The van der Waals surface area contributed by atoms with E-state index in [4.69, 9.17) is 9.72 Å². The first-order chi connectivity index (χ1) is 16.5. The maximum atomic E-state index is 12.5. The molecular weight excluding hydrogens is 466 g/mol. The highest BCUT2D eigenvalue weighted by Crippen LogP contribution is 2.33. The standard InChI is InChI=1S/C25H33N5O4S/c1-6-16-13-27-23(28-17-9-8-12-30(15-17)24(31)34-25(2,3)4)29-21(16)19-14-26-22-18(19)10-7-11-20(22)35(5,32)33/h7,10-11,13-14,17,26H,6,8-9,12,15H2,1-5H3,(H,27,28,29)/t17-/m0/s1. The summed E-state index contributed by atoms with van der Waals surface area (Å²) in [5.74, 6) is 0.474. The molecule has 2 N–H and O–H groups in total. The number of nitrogens with one attached hydrogen (secondary N) is 2. The lowest BCUT2D eigenvalue weighted by Crippen LogP contribution is -2.47. The Labute approximate surface area is 206 Å². The second kappa shape index (κ2) is 9.49. The molecule has 188 valence electrons. The average molecular weight is 500 g/mol. The van der Waals surface area contributed by atoms with Crippen molar-refractivity contribution in [1.82, 2.24) is 19.9 Å². The third kappa shape index (κ3) is 5.58. The predicted molar refractivity (Wildman–Crippen MR) is 136 cm³/mol. The van der Waals surface area contributed by atoms with Crippen LogP contribution < -0.4 is 5.32 Å². The van der Waals surface area contributed by atoms with Crippen LogP contribution in [0.2, 0.25) is 0 Å². The van der Waals surface area contributed by atoms with Crippen molar-refractivity contribution in [2.45, 2.75) is 63.5 Å². The monoisotopic (exact) mass is 499 g/mol. The average Bonchev–Trinajstić information content (AvgIpc) is 3.21. The highest BCUT2D eigenvalue weighted by Gasteiger charge is 2.28. The molecular formula is C25H33N5O4S. The number of nitrogens with zero attached hydrogens (tertiary/aromatic N) is 3. The van der Waals surface area contributed by atoms with Crippen molar-refractivity contribution in [3.05, 3.63) is 36.2 Å². The molecule has 1 aliphatic rings. The number of para-hydroxylation sites is 1. The van der Waals surface area contributed by atoms with Crippen LogP contribution in [0.1, 0.15) is 46.1 Å². The quantitative estimate of drug-likeness (QED) is 0.534. The molecule has 1 amide bonds. The number of likely N-dealkylation sites (tertiary alicyclic amines) is 1. The summed E-state index contributed by atoms with van der Waals surface area (Å²) in [4.78, 5) is 27.0. The SMILES string of the molecule is CCc1cnc(N[C@H]2CCCN(C(=O)OC(C)(C)C)C2)nc1-c1c[nH]c2c(S(C)(=O)=O)cccc12. The summed E-state index contributed by atoms with van der Waals surface area (Å²) in [5, 5.41) is 4.18. The Bertz CT molecular complexity index is 1340. The molecule has 1 atom stereocenters. The van der Waals surface area contributed by atoms with Crippen LogP contribution in [0.5, 0.6) is 0 Å². The molecule has 10 heteroatoms. The lowest BCUT2D eigenvalue weighted by Gasteiger charge is -2.34. The van der Waals surface area contributed by atoms with Gasteiger partial charge in [0.05, 0.1) is 16.1 Å². The van der Waals surface area contributed by atoms with Crippen LogP contribution in [-0.2, 0) is 21.0 Å². The first kappa shape index (κ1) is 25.0. The number of piperidine rings is 1. The van der Waals surface area contributed by atoms with Crippen LogP contribution in [0.15, 0.2) is 35.5 Å². The first-order valence-corrected chi connectivity index (χ1v) is 13.8. The fraction of sp³-hybridized carbons (Fsp3) is 0.480. The van der Waals surface area contributed by atoms with Crippen LogP contribution in [0, 0.1) is 0 Å². The van der Waals surface area contributed by atoms with Gasteiger partial charge in [-0.15, -0.1) is 0 Å². The third-order valence-electron chi connectivity index (χ3n) is 5.98. The zero-order chi connectivity index (χ0) is 25.4. The molecule has 0 aliphatic carbocycles. The van der Waals surface area contributed by atoms with Crippen molar-refractivity contribution in [1.29, 1.82) is 0 Å². The Morgan fingerprint density at radius 2 is 2.09 bits per heavy atom. The highest BCUT2D eigenvalue weighted by atomic mass is 32.2. The van der Waals surface area contributed by atoms with E-state index in [0.717, 1.165) is 41.5 Å². The largest absolute Gasteiger partial charge is 0.444 e. The zero-order valence-corrected chi connectivity index (χ0v) is 21.7. The molecule has 0 bridgehead atoms. The number of sulfone groups is 1. The first-order valence-electron chi connectivity index (χ1n) is 11.9. The molecule has 1 aliphatic heterocycles. The number of anilines is 1. The Balaban J connectivity index is 1.62. The highest BCUT2D eigenvalue weighted by molar-refractivity contribution is 7.91. The van der Waals surface area contributed by atoms with Gasteiger partial charge in [0, 0.05) is 48.7 Å². The van der Waals surface area contributed by atoms with Crippen LogP contribution >= 0.6 is 0 Å². The molecule has 2 aromatic heterocycles. The van der Waals surface area contributed by atoms with Crippen molar-refractivity contribution in [3.63, 3.8) is 0 Å². The van der Waals surface area contributed by atoms with E-state index in [1.165, 1.54) is 6.26 Å². The molecule has 0 radical (unpaired) electrons. The summed E-state index contributed by atoms with van der Waals surface area (Å²) < 4.78 is 30.0. The fourth-order valence-electron chi connectivity index (χ4n) is 4.37. The van der Waals surface area contributed by atoms with E-state index in [-0.39, 0.29) is 17.0 Å². The minimum Gasteiger partial charge on any atom is -0.444 e. The molecule has 1 fully saturated rings. The molecule has 1 aromatic carbocycles. The smallest absolute Gasteiger partial charge is 0.410 e. The lowest BCUT2D eigenvalue weighted by molar-refractivity contribution is 0.0206. The molecule has 35 heavy (non-hydrogen) atoms. The van der Waals surface area contributed by atoms with Gasteiger partial charge in [0.1, 0.15) is 5.60 Å². The van der Waals surface area contributed by atoms with E-state index < -0.39 is 15.4 Å². The van der Waals surface area contributed by atoms with Gasteiger partial charge >= 0.3 is 6.09 Å². The topological polar surface area (TPSA) is 117 Å². The van der Waals surface area contributed by atoms with Crippen molar-refractivity contribution < 1.29 is 17.9 Å². The number of carbonyl (C=O) groups excluding carboxylic acids is 1. The molecule has 3 aromatic rings. The van der Waals surface area contributed by atoms with Crippen LogP contribution in [0.4, 0.5) is 10.7 Å². The van der Waals surface area contributed by atoms with Crippen LogP contribution in [0.3, 0.4) is 0 Å². The number of hydrogen-bond acceptors (Lipinski definition) is 7. The number of fused-ring (bicyclic) bond motifs is 1. The van der Waals surface area contributed by atoms with Gasteiger partial charge in [0.2, 0.25) is 5.95 Å². The molecule has 9 nitrogen and oxygen atoms in total. The van der Waals surface area contributed by atoms with E-state index in [1.807, 2.05) is 33.8 Å². The van der Waals surface area contributed by atoms with Gasteiger partial charge in [-0.1, -0.05) is 19.1 Å². The fourth-order valence-corrected chi connectivity index (χ4v) is 5.23. The third-order valence-corrected chi connectivity index (χ3v) is 7.12. The number of hydrogen-bond donors (Lipinski definition) is 2. The Morgan fingerprint density at radius 1 is 1.31 bits per heavy atom. The van der Waals surface area contributed by atoms with E-state index in [0.29, 0.717) is 24.6 Å². The number of benzene rings is 1. The maximum Gasteiger partial charge on any atom is 0.410 e. The number of aryl methyl sites for hydroxylation is 1. The summed E-state index contributed by atoms with van der Waals surface area (Å²) >= 11 is 0. The van der Waals surface area contributed by atoms with Gasteiger partial charge < -0.3 is 19.9 Å². The van der Waals surface area contributed by atoms with Crippen molar-refractivity contribution in [2.75, 3.05) is 24.7 Å². The Hall–Kier alpha value is -3.14. The van der Waals surface area contributed by atoms with Crippen molar-refractivity contribution in [2.24, 2.45) is 0 Å². The summed E-state index contributed by atoms with van der Waals surface area (Å²) in [6, 6.07) is 5.24. The normalized spacial score (nSPS) is 16.9. The van der Waals surface area contributed by atoms with Gasteiger partial charge in [-0.2, -0.15) is 0 Å². The van der Waals surface area contributed by atoms with Gasteiger partial charge in [-0.25, -0.2) is 23.2 Å². The van der Waals surface area contributed by atoms with Gasteiger partial charge in [-0.3, -0.25) is 0 Å². The maximum absolute atomic E-state index is 12.5. The predicted octanol–water partition coefficient (Wildman–Crippen LogP) is 4.40. The number of H-pyrrole nitrogens is 1. The van der Waals surface area contributed by atoms with E-state index in [1.54, 1.807) is 29.4 Å². The van der Waals surface area contributed by atoms with E-state index >= 15 is 0 Å². The molecule has 0 saturated carbocycles. The number of amides is 1. The van der Waals surface area contributed by atoms with Crippen LogP contribution in [0.25, 0.3) is 22.2 Å². The van der Waals surface area contributed by atoms with Gasteiger partial charge in [0.15, 0.2) is 9.84 Å². The number of carbonyl (C=O) groups is 1. The van der Waals surface area contributed by atoms with E-state index in [2.05, 4.69) is 15.3 Å². The van der Waals surface area contributed by atoms with Crippen molar-refractivity contribution >= 4 is 32.8 Å². The second-order valence-corrected chi connectivity index (χ2v) is 12.0. The lowest BCUT2D eigenvalue weighted by atomic mass is 10.0. The van der Waals surface area contributed by atoms with Gasteiger partial charge in [0.25, 0.3) is 0 Å². The van der Waals surface area contributed by atoms with Crippen LogP contribution in [-0.4, -0.2) is 65.4 Å².